The van der Waals surface area contributed by atoms with Gasteiger partial charge in [0.25, 0.3) is 5.56 Å². The first-order valence-electron chi connectivity index (χ1n) is 7.36. The molecule has 0 radical (unpaired) electrons. The van der Waals surface area contributed by atoms with Crippen molar-refractivity contribution in [2.45, 2.75) is 38.6 Å². The van der Waals surface area contributed by atoms with Gasteiger partial charge in [0, 0.05) is 19.8 Å². The number of hydrogen-bond donors (Lipinski definition) is 0. The van der Waals surface area contributed by atoms with Crippen LogP contribution in [0.4, 0.5) is 0 Å². The number of rotatable bonds is 7. The summed E-state index contributed by atoms with van der Waals surface area (Å²) in [7, 11) is 0. The third kappa shape index (κ3) is 3.83. The maximum Gasteiger partial charge on any atom is 0.261 e. The molecule has 1 aromatic carbocycles. The van der Waals surface area contributed by atoms with Crippen LogP contribution < -0.4 is 5.56 Å². The van der Waals surface area contributed by atoms with E-state index in [1.165, 1.54) is 0 Å². The van der Waals surface area contributed by atoms with Crippen molar-refractivity contribution in [3.8, 4) is 0 Å². The van der Waals surface area contributed by atoms with Crippen molar-refractivity contribution < 1.29 is 4.74 Å². The Morgan fingerprint density at radius 1 is 1.33 bits per heavy atom. The van der Waals surface area contributed by atoms with Crippen LogP contribution >= 0.6 is 11.6 Å². The van der Waals surface area contributed by atoms with Gasteiger partial charge < -0.3 is 4.74 Å². The third-order valence-electron chi connectivity index (χ3n) is 3.27. The highest BCUT2D eigenvalue weighted by Crippen LogP contribution is 2.18. The van der Waals surface area contributed by atoms with Crippen LogP contribution in [0.1, 0.15) is 37.9 Å². The van der Waals surface area contributed by atoms with Gasteiger partial charge >= 0.3 is 0 Å². The molecule has 1 heterocycles. The van der Waals surface area contributed by atoms with E-state index >= 15 is 0 Å². The highest BCUT2D eigenvalue weighted by Gasteiger charge is 2.14. The van der Waals surface area contributed by atoms with Gasteiger partial charge in [-0.2, -0.15) is 0 Å². The Balaban J connectivity index is 2.29. The fraction of sp³-hybridized carbons (Fsp3) is 0.500. The van der Waals surface area contributed by atoms with Gasteiger partial charge in [-0.05, 0) is 31.9 Å². The van der Waals surface area contributed by atoms with Gasteiger partial charge in [-0.25, -0.2) is 4.98 Å². The van der Waals surface area contributed by atoms with Crippen LogP contribution in [0.2, 0.25) is 0 Å². The minimum absolute atomic E-state index is 0.0291. The minimum atomic E-state index is -0.307. The molecule has 1 atom stereocenters. The van der Waals surface area contributed by atoms with Crippen molar-refractivity contribution in [2.75, 3.05) is 13.2 Å². The fourth-order valence-corrected chi connectivity index (χ4v) is 2.44. The molecule has 114 valence electrons. The second-order valence-electron chi connectivity index (χ2n) is 5.03. The molecule has 21 heavy (non-hydrogen) atoms. The Kier molecular flexibility index (Phi) is 5.76. The van der Waals surface area contributed by atoms with E-state index in [0.717, 1.165) is 19.4 Å². The number of alkyl halides is 1. The zero-order valence-corrected chi connectivity index (χ0v) is 13.3. The third-order valence-corrected chi connectivity index (χ3v) is 3.46. The second-order valence-corrected chi connectivity index (χ2v) is 5.68. The average molecular weight is 309 g/mol. The lowest BCUT2D eigenvalue weighted by atomic mass is 10.2. The van der Waals surface area contributed by atoms with Gasteiger partial charge in [-0.1, -0.05) is 19.1 Å². The Hall–Kier alpha value is -1.39. The van der Waals surface area contributed by atoms with Crippen molar-refractivity contribution >= 4 is 22.5 Å². The van der Waals surface area contributed by atoms with Crippen molar-refractivity contribution in [3.63, 3.8) is 0 Å². The molecule has 0 bridgehead atoms. The van der Waals surface area contributed by atoms with Gasteiger partial charge in [0.15, 0.2) is 0 Å². The number of ether oxygens (including phenoxy) is 1. The van der Waals surface area contributed by atoms with E-state index in [1.54, 1.807) is 10.6 Å². The molecule has 2 aromatic rings. The normalized spacial score (nSPS) is 12.7. The summed E-state index contributed by atoms with van der Waals surface area (Å²) in [6, 6.07) is 7.37. The number of para-hydroxylation sites is 1. The number of halogens is 1. The summed E-state index contributed by atoms with van der Waals surface area (Å²) in [6.07, 6.45) is 1.78. The van der Waals surface area contributed by atoms with Crippen molar-refractivity contribution in [3.05, 3.63) is 40.4 Å². The first kappa shape index (κ1) is 16.0. The summed E-state index contributed by atoms with van der Waals surface area (Å²) in [6.45, 7) is 5.88. The van der Waals surface area contributed by atoms with E-state index in [0.29, 0.717) is 29.9 Å². The summed E-state index contributed by atoms with van der Waals surface area (Å²) in [4.78, 5) is 17.1. The Bertz CT molecular complexity index is 652. The summed E-state index contributed by atoms with van der Waals surface area (Å²) < 4.78 is 7.14. The molecule has 1 unspecified atom stereocenters. The summed E-state index contributed by atoms with van der Waals surface area (Å²) in [5.74, 6) is 0.621. The Labute approximate surface area is 129 Å². The van der Waals surface area contributed by atoms with E-state index in [2.05, 4.69) is 11.9 Å². The maximum absolute atomic E-state index is 12.6. The van der Waals surface area contributed by atoms with Crippen LogP contribution in [-0.4, -0.2) is 22.8 Å². The van der Waals surface area contributed by atoms with Gasteiger partial charge in [-0.15, -0.1) is 11.6 Å². The molecule has 4 nitrogen and oxygen atoms in total. The van der Waals surface area contributed by atoms with Gasteiger partial charge in [-0.3, -0.25) is 9.36 Å². The van der Waals surface area contributed by atoms with Crippen molar-refractivity contribution in [1.29, 1.82) is 0 Å². The number of hydrogen-bond acceptors (Lipinski definition) is 3. The number of aromatic nitrogens is 2. The molecule has 0 saturated heterocycles. The molecule has 0 spiro atoms. The molecule has 0 N–H and O–H groups in total. The fourth-order valence-electron chi connectivity index (χ4n) is 2.28. The van der Waals surface area contributed by atoms with E-state index in [9.17, 15) is 4.79 Å². The first-order chi connectivity index (χ1) is 10.1. The highest BCUT2D eigenvalue weighted by atomic mass is 35.5. The molecular weight excluding hydrogens is 288 g/mol. The van der Waals surface area contributed by atoms with Gasteiger partial charge in [0.05, 0.1) is 16.3 Å². The van der Waals surface area contributed by atoms with Crippen LogP contribution in [0.3, 0.4) is 0 Å². The molecule has 2 rings (SSSR count). The number of benzene rings is 1. The lowest BCUT2D eigenvalue weighted by Crippen LogP contribution is -2.26. The molecule has 0 aliphatic heterocycles. The van der Waals surface area contributed by atoms with E-state index in [1.807, 2.05) is 25.1 Å². The van der Waals surface area contributed by atoms with Crippen LogP contribution in [0, 0.1) is 0 Å². The molecule has 0 saturated carbocycles. The highest BCUT2D eigenvalue weighted by molar-refractivity contribution is 6.20. The standard InChI is InChI=1S/C16H21ClN2O2/c1-3-10-21-11-6-9-19-15(12(2)17)18-14-8-5-4-7-13(14)16(19)20/h4-5,7-8,12H,3,6,9-11H2,1-2H3. The molecule has 0 aliphatic carbocycles. The topological polar surface area (TPSA) is 44.1 Å². The van der Waals surface area contributed by atoms with E-state index < -0.39 is 0 Å². The SMILES string of the molecule is CCCOCCCn1c(C(C)Cl)nc2ccccc2c1=O. The van der Waals surface area contributed by atoms with Crippen molar-refractivity contribution in [2.24, 2.45) is 0 Å². The number of nitrogens with zero attached hydrogens (tertiary/aromatic N) is 2. The summed E-state index contributed by atoms with van der Waals surface area (Å²) in [5.41, 5.74) is 0.669. The smallest absolute Gasteiger partial charge is 0.261 e. The predicted molar refractivity (Wildman–Crippen MR) is 86.0 cm³/mol. The molecule has 5 heteroatoms. The number of fused-ring (bicyclic) bond motifs is 1. The molecule has 0 fully saturated rings. The minimum Gasteiger partial charge on any atom is -0.381 e. The van der Waals surface area contributed by atoms with Crippen LogP contribution in [-0.2, 0) is 11.3 Å². The van der Waals surface area contributed by atoms with E-state index in [-0.39, 0.29) is 10.9 Å². The lowest BCUT2D eigenvalue weighted by molar-refractivity contribution is 0.129. The zero-order chi connectivity index (χ0) is 15.2. The Morgan fingerprint density at radius 2 is 2.10 bits per heavy atom. The zero-order valence-electron chi connectivity index (χ0n) is 12.5. The summed E-state index contributed by atoms with van der Waals surface area (Å²) >= 11 is 6.19. The second kappa shape index (κ2) is 7.57. The van der Waals surface area contributed by atoms with Crippen LogP contribution in [0.5, 0.6) is 0 Å². The first-order valence-corrected chi connectivity index (χ1v) is 7.80. The van der Waals surface area contributed by atoms with Crippen LogP contribution in [0.25, 0.3) is 10.9 Å². The lowest BCUT2D eigenvalue weighted by Gasteiger charge is -2.15. The maximum atomic E-state index is 12.6. The average Bonchev–Trinajstić information content (AvgIpc) is 2.48. The largest absolute Gasteiger partial charge is 0.381 e. The quantitative estimate of drug-likeness (QED) is 0.581. The monoisotopic (exact) mass is 308 g/mol. The predicted octanol–water partition coefficient (Wildman–Crippen LogP) is 3.51. The summed E-state index contributed by atoms with van der Waals surface area (Å²) in [5, 5.41) is 0.326. The van der Waals surface area contributed by atoms with Crippen LogP contribution in [0.15, 0.2) is 29.1 Å². The molecule has 1 aromatic heterocycles. The molecule has 0 amide bonds. The molecular formula is C16H21ClN2O2. The van der Waals surface area contributed by atoms with E-state index in [4.69, 9.17) is 16.3 Å². The van der Waals surface area contributed by atoms with Gasteiger partial charge in [0.2, 0.25) is 0 Å². The van der Waals surface area contributed by atoms with Gasteiger partial charge in [0.1, 0.15) is 5.82 Å². The Morgan fingerprint density at radius 3 is 2.81 bits per heavy atom. The molecule has 0 aliphatic rings. The van der Waals surface area contributed by atoms with Crippen molar-refractivity contribution in [1.82, 2.24) is 9.55 Å².